The molecule has 4 rings (SSSR count). The average Bonchev–Trinajstić information content (AvgIpc) is 3.29. The quantitative estimate of drug-likeness (QED) is 0.535. The molecule has 0 saturated carbocycles. The second-order valence-corrected chi connectivity index (χ2v) is 9.08. The van der Waals surface area contributed by atoms with Gasteiger partial charge in [0, 0.05) is 43.6 Å². The predicted octanol–water partition coefficient (Wildman–Crippen LogP) is 2.55. The van der Waals surface area contributed by atoms with E-state index in [4.69, 9.17) is 9.90 Å². The number of carbonyl (C=O) groups is 5. The van der Waals surface area contributed by atoms with Crippen molar-refractivity contribution in [2.24, 2.45) is 0 Å². The van der Waals surface area contributed by atoms with Crippen LogP contribution in [0.25, 0.3) is 0 Å². The summed E-state index contributed by atoms with van der Waals surface area (Å²) in [7, 11) is 0. The van der Waals surface area contributed by atoms with Crippen molar-refractivity contribution in [2.45, 2.75) is 44.4 Å². The van der Waals surface area contributed by atoms with Crippen LogP contribution in [0.15, 0.2) is 48.5 Å². The summed E-state index contributed by atoms with van der Waals surface area (Å²) in [5.74, 6) is -0.233. The van der Waals surface area contributed by atoms with Gasteiger partial charge in [-0.1, -0.05) is 42.5 Å². The first-order valence-corrected chi connectivity index (χ1v) is 12.5. The Morgan fingerprint density at radius 3 is 2.38 bits per heavy atom. The molecule has 9 heteroatoms. The molecule has 1 aliphatic heterocycles. The van der Waals surface area contributed by atoms with E-state index in [0.29, 0.717) is 69.3 Å². The van der Waals surface area contributed by atoms with E-state index in [1.165, 1.54) is 4.90 Å². The highest BCUT2D eigenvalue weighted by Crippen LogP contribution is 2.27. The second kappa shape index (κ2) is 13.9. The van der Waals surface area contributed by atoms with E-state index in [-0.39, 0.29) is 42.4 Å². The first-order valence-electron chi connectivity index (χ1n) is 12.5. The molecule has 2 aromatic carbocycles. The third kappa shape index (κ3) is 7.73. The minimum Gasteiger partial charge on any atom is -0.483 e. The van der Waals surface area contributed by atoms with Crippen molar-refractivity contribution < 1.29 is 29.1 Å². The molecule has 1 aliphatic carbocycles. The molecular weight excluding hydrogens is 474 g/mol. The Hall–Kier alpha value is -4.01. The zero-order chi connectivity index (χ0) is 26.6. The lowest BCUT2D eigenvalue weighted by molar-refractivity contribution is -0.123. The number of nitrogens with zero attached hydrogens (tertiary/aromatic N) is 1. The Kier molecular flexibility index (Phi) is 10.4. The van der Waals surface area contributed by atoms with Crippen molar-refractivity contribution in [3.05, 3.63) is 70.8 Å². The number of nitrogens with one attached hydrogen (secondary N) is 2. The molecule has 2 aromatic rings. The number of carboxylic acid groups (broad SMARTS) is 1. The zero-order valence-electron chi connectivity index (χ0n) is 20.8. The largest absolute Gasteiger partial charge is 0.483 e. The predicted molar refractivity (Wildman–Crippen MR) is 137 cm³/mol. The van der Waals surface area contributed by atoms with Crippen LogP contribution in [0.2, 0.25) is 0 Å². The van der Waals surface area contributed by atoms with Crippen LogP contribution in [0, 0.1) is 0 Å². The molecule has 1 heterocycles. The van der Waals surface area contributed by atoms with Crippen molar-refractivity contribution in [1.29, 1.82) is 0 Å². The van der Waals surface area contributed by atoms with E-state index < -0.39 is 0 Å². The van der Waals surface area contributed by atoms with Gasteiger partial charge in [0.1, 0.15) is 0 Å². The maximum atomic E-state index is 13.4. The van der Waals surface area contributed by atoms with Crippen molar-refractivity contribution in [3.63, 3.8) is 0 Å². The molecule has 0 aromatic heterocycles. The van der Waals surface area contributed by atoms with E-state index in [0.717, 1.165) is 11.1 Å². The molecule has 1 saturated heterocycles. The highest BCUT2D eigenvalue weighted by molar-refractivity contribution is 6.06. The average molecular weight is 508 g/mol. The summed E-state index contributed by atoms with van der Waals surface area (Å²) in [4.78, 5) is 60.5. The van der Waals surface area contributed by atoms with Gasteiger partial charge in [-0.25, -0.2) is 0 Å². The Bertz CT molecular complexity index is 1120. The lowest BCUT2D eigenvalue weighted by atomic mass is 9.91. The van der Waals surface area contributed by atoms with Gasteiger partial charge in [0.25, 0.3) is 12.4 Å². The summed E-state index contributed by atoms with van der Waals surface area (Å²) in [5, 5.41) is 12.8. The van der Waals surface area contributed by atoms with Crippen molar-refractivity contribution >= 4 is 30.0 Å². The molecule has 3 amide bonds. The second-order valence-electron chi connectivity index (χ2n) is 9.08. The Morgan fingerprint density at radius 2 is 1.62 bits per heavy atom. The summed E-state index contributed by atoms with van der Waals surface area (Å²) >= 11 is 0. The fraction of sp³-hybridized carbons (Fsp3) is 0.393. The van der Waals surface area contributed by atoms with E-state index in [2.05, 4.69) is 22.8 Å². The zero-order valence-corrected chi connectivity index (χ0v) is 20.8. The number of benzene rings is 2. The van der Waals surface area contributed by atoms with Gasteiger partial charge < -0.3 is 20.6 Å². The minimum atomic E-state index is -0.250. The molecule has 3 N–H and O–H groups in total. The third-order valence-electron chi connectivity index (χ3n) is 6.66. The van der Waals surface area contributed by atoms with Gasteiger partial charge in [0.15, 0.2) is 5.78 Å². The normalized spacial score (nSPS) is 18.9. The molecular formula is C28H33N3O6. The number of ketones is 1. The van der Waals surface area contributed by atoms with Crippen LogP contribution in [-0.4, -0.2) is 66.2 Å². The van der Waals surface area contributed by atoms with Gasteiger partial charge in [-0.15, -0.1) is 0 Å². The van der Waals surface area contributed by atoms with E-state index >= 15 is 0 Å². The number of carbonyl (C=O) groups excluding carboxylic acids is 4. The van der Waals surface area contributed by atoms with Gasteiger partial charge >= 0.3 is 0 Å². The number of hydrogen-bond donors (Lipinski definition) is 3. The van der Waals surface area contributed by atoms with Crippen molar-refractivity contribution in [2.75, 3.05) is 26.2 Å². The molecule has 1 fully saturated rings. The molecule has 37 heavy (non-hydrogen) atoms. The minimum absolute atomic E-state index is 0.000654. The molecule has 9 nitrogen and oxygen atoms in total. The van der Waals surface area contributed by atoms with Gasteiger partial charge in [-0.05, 0) is 48.8 Å². The fourth-order valence-electron chi connectivity index (χ4n) is 4.82. The fourth-order valence-corrected chi connectivity index (χ4v) is 4.82. The number of hydrogen-bond acceptors (Lipinski definition) is 5. The number of fused-ring (bicyclic) bond motifs is 1. The molecule has 2 aliphatic rings. The molecule has 0 bridgehead atoms. The molecule has 1 atom stereocenters. The van der Waals surface area contributed by atoms with E-state index in [1.807, 2.05) is 18.2 Å². The van der Waals surface area contributed by atoms with Crippen LogP contribution >= 0.6 is 0 Å². The van der Waals surface area contributed by atoms with Crippen LogP contribution in [0.1, 0.15) is 69.9 Å². The molecule has 0 spiro atoms. The Labute approximate surface area is 216 Å². The van der Waals surface area contributed by atoms with Gasteiger partial charge in [-0.3, -0.25) is 24.0 Å². The van der Waals surface area contributed by atoms with Crippen LogP contribution in [0.5, 0.6) is 0 Å². The topological polar surface area (TPSA) is 133 Å². The smallest absolute Gasteiger partial charge is 0.290 e. The van der Waals surface area contributed by atoms with Gasteiger partial charge in [0.2, 0.25) is 11.8 Å². The highest BCUT2D eigenvalue weighted by atomic mass is 16.3. The summed E-state index contributed by atoms with van der Waals surface area (Å²) < 4.78 is 0. The standard InChI is InChI=1S/C27H31N3O4.CH2O2/c31-24-12-11-21-22(24)8-4-9-23(21)27(34)30-17-5-15-28-25(32)13-10-20(14-16-29-26(33)18-30)19-6-2-1-3-7-19;2-1-3/h1-4,6-9,20H,5,10-18H2,(H,28,32)(H,29,33);1H,(H,2,3). The number of rotatable bonds is 2. The first kappa shape index (κ1) is 27.6. The van der Waals surface area contributed by atoms with E-state index in [1.54, 1.807) is 18.2 Å². The first-order chi connectivity index (χ1) is 17.9. The van der Waals surface area contributed by atoms with Crippen LogP contribution in [0.3, 0.4) is 0 Å². The van der Waals surface area contributed by atoms with Crippen LogP contribution < -0.4 is 10.6 Å². The summed E-state index contributed by atoms with van der Waals surface area (Å²) in [5.41, 5.74) is 3.03. The molecule has 0 radical (unpaired) electrons. The maximum Gasteiger partial charge on any atom is 0.290 e. The summed E-state index contributed by atoms with van der Waals surface area (Å²) in [6, 6.07) is 15.3. The van der Waals surface area contributed by atoms with Gasteiger partial charge in [0.05, 0.1) is 6.54 Å². The summed E-state index contributed by atoms with van der Waals surface area (Å²) in [6.07, 6.45) is 3.35. The van der Waals surface area contributed by atoms with Crippen LogP contribution in [0.4, 0.5) is 0 Å². The highest BCUT2D eigenvalue weighted by Gasteiger charge is 2.27. The maximum absolute atomic E-state index is 13.4. The van der Waals surface area contributed by atoms with E-state index in [9.17, 15) is 19.2 Å². The summed E-state index contributed by atoms with van der Waals surface area (Å²) in [6.45, 7) is 0.945. The van der Waals surface area contributed by atoms with Crippen LogP contribution in [-0.2, 0) is 20.8 Å². The SMILES string of the molecule is O=C1CCC(c2ccccc2)CCNC(=O)CN(C(=O)c2cccc3c2CCC3=O)CCCN1.O=CO. The van der Waals surface area contributed by atoms with Crippen molar-refractivity contribution in [3.8, 4) is 0 Å². The molecule has 196 valence electrons. The molecule has 1 unspecified atom stereocenters. The Balaban J connectivity index is 0.00000121. The van der Waals surface area contributed by atoms with Crippen molar-refractivity contribution in [1.82, 2.24) is 15.5 Å². The monoisotopic (exact) mass is 507 g/mol. The lowest BCUT2D eigenvalue weighted by Gasteiger charge is -2.24. The van der Waals surface area contributed by atoms with Gasteiger partial charge in [-0.2, -0.15) is 0 Å². The third-order valence-corrected chi connectivity index (χ3v) is 6.66. The Morgan fingerprint density at radius 1 is 0.892 bits per heavy atom. The number of amides is 3. The number of Topliss-reactive ketones (excluding diaryl/α,β-unsaturated/α-hetero) is 1. The lowest BCUT2D eigenvalue weighted by Crippen LogP contribution is -2.43.